The Bertz CT molecular complexity index is 969. The molecule has 3 heterocycles. The van der Waals surface area contributed by atoms with Crippen LogP contribution in [0.2, 0.25) is 0 Å². The lowest BCUT2D eigenvalue weighted by molar-refractivity contribution is -0.116. The van der Waals surface area contributed by atoms with E-state index in [1.807, 2.05) is 54.7 Å². The van der Waals surface area contributed by atoms with Crippen LogP contribution < -0.4 is 5.43 Å². The second-order valence-electron chi connectivity index (χ2n) is 5.77. The average Bonchev–Trinajstić information content (AvgIpc) is 3.20. The molecule has 0 aliphatic carbocycles. The Balaban J connectivity index is 1.75. The summed E-state index contributed by atoms with van der Waals surface area (Å²) < 4.78 is 0. The molecule has 0 spiro atoms. The number of carbonyl (C=O) groups excluding carboxylic acids is 1. The van der Waals surface area contributed by atoms with E-state index < -0.39 is 0 Å². The first-order valence-electron chi connectivity index (χ1n) is 7.81. The molecule has 0 saturated carbocycles. The van der Waals surface area contributed by atoms with Gasteiger partial charge in [0.2, 0.25) is 0 Å². The highest BCUT2D eigenvalue weighted by atomic mass is 16.2. The lowest BCUT2D eigenvalue weighted by atomic mass is 9.91. The Morgan fingerprint density at radius 2 is 1.96 bits per heavy atom. The van der Waals surface area contributed by atoms with Gasteiger partial charge in [-0.05, 0) is 23.8 Å². The Kier molecular flexibility index (Phi) is 3.46. The van der Waals surface area contributed by atoms with Gasteiger partial charge in [-0.25, -0.2) is 10.4 Å². The molecule has 118 valence electrons. The van der Waals surface area contributed by atoms with Crippen molar-refractivity contribution in [1.82, 2.24) is 15.4 Å². The average molecular weight is 316 g/mol. The normalized spacial score (nSPS) is 17.1. The molecule has 4 rings (SSSR count). The minimum absolute atomic E-state index is 0.0275. The molecule has 1 aromatic carbocycles. The number of aromatic amines is 1. The predicted octanol–water partition coefficient (Wildman–Crippen LogP) is 3.24. The van der Waals surface area contributed by atoms with E-state index in [1.54, 1.807) is 6.20 Å². The number of nitrogens with one attached hydrogen (secondary N) is 2. The van der Waals surface area contributed by atoms with Crippen molar-refractivity contribution in [2.45, 2.75) is 12.8 Å². The highest BCUT2D eigenvalue weighted by Crippen LogP contribution is 2.26. The fourth-order valence-corrected chi connectivity index (χ4v) is 2.97. The van der Waals surface area contributed by atoms with Crippen molar-refractivity contribution >= 4 is 28.7 Å². The number of fused-ring (bicyclic) bond motifs is 1. The Labute approximate surface area is 139 Å². The number of hydrogen-bond acceptors (Lipinski definition) is 3. The lowest BCUT2D eigenvalue weighted by Gasteiger charge is -2.11. The maximum Gasteiger partial charge on any atom is 0.273 e. The second-order valence-corrected chi connectivity index (χ2v) is 5.77. The number of aromatic nitrogens is 2. The lowest BCUT2D eigenvalue weighted by Crippen LogP contribution is -2.15. The molecule has 1 amide bonds. The van der Waals surface area contributed by atoms with E-state index in [9.17, 15) is 4.79 Å². The molecule has 1 aliphatic heterocycles. The van der Waals surface area contributed by atoms with Gasteiger partial charge in [0.05, 0.1) is 11.3 Å². The number of rotatable bonds is 3. The fourth-order valence-electron chi connectivity index (χ4n) is 2.97. The summed E-state index contributed by atoms with van der Waals surface area (Å²) in [7, 11) is 0. The van der Waals surface area contributed by atoms with E-state index in [2.05, 4.69) is 27.4 Å². The predicted molar refractivity (Wildman–Crippen MR) is 94.5 cm³/mol. The van der Waals surface area contributed by atoms with Crippen molar-refractivity contribution in [3.8, 4) is 0 Å². The number of amides is 1. The zero-order chi connectivity index (χ0) is 16.5. The summed E-state index contributed by atoms with van der Waals surface area (Å²) in [5.74, 6) is -0.147. The number of nitrogens with zero attached hydrogens (tertiary/aromatic N) is 2. The topological polar surface area (TPSA) is 70.1 Å². The van der Waals surface area contributed by atoms with Crippen LogP contribution in [-0.2, 0) is 4.79 Å². The quantitative estimate of drug-likeness (QED) is 0.728. The van der Waals surface area contributed by atoms with Gasteiger partial charge in [-0.15, -0.1) is 0 Å². The van der Waals surface area contributed by atoms with Crippen LogP contribution in [0.5, 0.6) is 0 Å². The van der Waals surface area contributed by atoms with Crippen LogP contribution in [0.15, 0.2) is 65.5 Å². The van der Waals surface area contributed by atoms with Crippen molar-refractivity contribution in [3.05, 3.63) is 71.6 Å². The largest absolute Gasteiger partial charge is 0.346 e. The zero-order valence-electron chi connectivity index (χ0n) is 13.2. The van der Waals surface area contributed by atoms with Gasteiger partial charge in [-0.1, -0.05) is 37.3 Å². The highest BCUT2D eigenvalue weighted by Gasteiger charge is 2.28. The fraction of sp³-hybridized carbons (Fsp3) is 0.105. The highest BCUT2D eigenvalue weighted by molar-refractivity contribution is 6.29. The number of pyridine rings is 1. The zero-order valence-corrected chi connectivity index (χ0v) is 13.2. The van der Waals surface area contributed by atoms with E-state index in [1.165, 1.54) is 0 Å². The smallest absolute Gasteiger partial charge is 0.273 e. The SMILES string of the molecule is CC(C1=NNC(=O)/C1=C\c1c[nH]c2ncccc12)c1ccccc1. The maximum absolute atomic E-state index is 12.3. The summed E-state index contributed by atoms with van der Waals surface area (Å²) in [5.41, 5.74) is 6.79. The molecule has 0 radical (unpaired) electrons. The summed E-state index contributed by atoms with van der Waals surface area (Å²) in [6.45, 7) is 2.05. The van der Waals surface area contributed by atoms with Gasteiger partial charge in [0.25, 0.3) is 5.91 Å². The van der Waals surface area contributed by atoms with Crippen LogP contribution in [0.4, 0.5) is 0 Å². The molecule has 3 aromatic rings. The van der Waals surface area contributed by atoms with Gasteiger partial charge in [0.1, 0.15) is 5.65 Å². The van der Waals surface area contributed by atoms with Crippen LogP contribution in [0.3, 0.4) is 0 Å². The number of benzene rings is 1. The van der Waals surface area contributed by atoms with Gasteiger partial charge in [0, 0.05) is 29.3 Å². The summed E-state index contributed by atoms with van der Waals surface area (Å²) in [5, 5.41) is 5.24. The van der Waals surface area contributed by atoms with E-state index in [-0.39, 0.29) is 11.8 Å². The van der Waals surface area contributed by atoms with Gasteiger partial charge in [-0.2, -0.15) is 5.10 Å². The van der Waals surface area contributed by atoms with Gasteiger partial charge < -0.3 is 4.98 Å². The minimum atomic E-state index is -0.175. The first kappa shape index (κ1) is 14.4. The molecule has 5 nitrogen and oxygen atoms in total. The molecule has 1 unspecified atom stereocenters. The van der Waals surface area contributed by atoms with Crippen LogP contribution in [0.1, 0.15) is 24.0 Å². The molecule has 0 bridgehead atoms. The summed E-state index contributed by atoms with van der Waals surface area (Å²) in [6.07, 6.45) is 5.48. The Morgan fingerprint density at radius 3 is 2.79 bits per heavy atom. The monoisotopic (exact) mass is 316 g/mol. The first-order chi connectivity index (χ1) is 11.7. The van der Waals surface area contributed by atoms with E-state index >= 15 is 0 Å². The number of carbonyl (C=O) groups is 1. The molecule has 5 heteroatoms. The van der Waals surface area contributed by atoms with Crippen molar-refractivity contribution < 1.29 is 4.79 Å². The molecule has 1 aliphatic rings. The van der Waals surface area contributed by atoms with Crippen LogP contribution in [-0.4, -0.2) is 21.6 Å². The number of hydrogen-bond donors (Lipinski definition) is 2. The van der Waals surface area contributed by atoms with E-state index in [0.29, 0.717) is 5.57 Å². The minimum Gasteiger partial charge on any atom is -0.346 e. The van der Waals surface area contributed by atoms with Gasteiger partial charge >= 0.3 is 0 Å². The van der Waals surface area contributed by atoms with Crippen LogP contribution >= 0.6 is 0 Å². The van der Waals surface area contributed by atoms with Crippen molar-refractivity contribution in [1.29, 1.82) is 0 Å². The van der Waals surface area contributed by atoms with Crippen molar-refractivity contribution in [2.75, 3.05) is 0 Å². The standard InChI is InChI=1S/C19H16N4O/c1-12(13-6-3-2-4-7-13)17-16(19(24)23-22-17)10-14-11-21-18-15(14)8-5-9-20-18/h2-12H,1H3,(H,20,21)(H,23,24)/b16-10-. The van der Waals surface area contributed by atoms with E-state index in [4.69, 9.17) is 0 Å². The van der Waals surface area contributed by atoms with Crippen LogP contribution in [0, 0.1) is 0 Å². The Morgan fingerprint density at radius 1 is 1.12 bits per heavy atom. The van der Waals surface area contributed by atoms with Crippen molar-refractivity contribution in [2.24, 2.45) is 5.10 Å². The third-order valence-electron chi connectivity index (χ3n) is 4.29. The molecule has 2 aromatic heterocycles. The third kappa shape index (κ3) is 2.40. The van der Waals surface area contributed by atoms with E-state index in [0.717, 1.165) is 27.9 Å². The first-order valence-corrected chi connectivity index (χ1v) is 7.81. The number of hydrazone groups is 1. The summed E-state index contributed by atoms with van der Waals surface area (Å²) in [4.78, 5) is 19.7. The molecule has 1 atom stereocenters. The maximum atomic E-state index is 12.3. The van der Waals surface area contributed by atoms with Crippen molar-refractivity contribution in [3.63, 3.8) is 0 Å². The molecular weight excluding hydrogens is 300 g/mol. The molecule has 0 saturated heterocycles. The summed E-state index contributed by atoms with van der Waals surface area (Å²) >= 11 is 0. The molecule has 0 fully saturated rings. The van der Waals surface area contributed by atoms with Gasteiger partial charge in [0.15, 0.2) is 0 Å². The third-order valence-corrected chi connectivity index (χ3v) is 4.29. The molecular formula is C19H16N4O. The second kappa shape index (κ2) is 5.77. The molecule has 24 heavy (non-hydrogen) atoms. The Hall–Kier alpha value is -3.21. The van der Waals surface area contributed by atoms with Gasteiger partial charge in [-0.3, -0.25) is 4.79 Å². The van der Waals surface area contributed by atoms with Crippen LogP contribution in [0.25, 0.3) is 17.1 Å². The summed E-state index contributed by atoms with van der Waals surface area (Å²) in [6, 6.07) is 13.9. The molecule has 2 N–H and O–H groups in total. The number of H-pyrrole nitrogens is 1.